The van der Waals surface area contributed by atoms with Crippen molar-refractivity contribution in [3.05, 3.63) is 0 Å². The minimum atomic E-state index is 0.703. The zero-order valence-corrected chi connectivity index (χ0v) is 5.55. The summed E-state index contributed by atoms with van der Waals surface area (Å²) in [4.78, 5) is 0. The highest BCUT2D eigenvalue weighted by Gasteiger charge is 2.50. The van der Waals surface area contributed by atoms with E-state index in [1.807, 2.05) is 0 Å². The van der Waals surface area contributed by atoms with Crippen LogP contribution in [-0.2, 0) is 4.74 Å². The highest BCUT2D eigenvalue weighted by atomic mass is 16.5. The van der Waals surface area contributed by atoms with Crippen molar-refractivity contribution in [1.82, 2.24) is 0 Å². The summed E-state index contributed by atoms with van der Waals surface area (Å²) in [5.41, 5.74) is 0. The molecule has 1 heteroatoms. The van der Waals surface area contributed by atoms with Gasteiger partial charge >= 0.3 is 0 Å². The van der Waals surface area contributed by atoms with Crippen LogP contribution in [0.5, 0.6) is 0 Å². The molecule has 0 spiro atoms. The average molecular weight is 124 g/mol. The number of rotatable bonds is 0. The summed E-state index contributed by atoms with van der Waals surface area (Å²) in [6, 6.07) is 0. The number of fused-ring (bicyclic) bond motifs is 1. The van der Waals surface area contributed by atoms with Crippen molar-refractivity contribution >= 4 is 0 Å². The lowest BCUT2D eigenvalue weighted by Gasteiger charge is -2.14. The SMILES string of the molecule is C1O[C@@H]2C[C@@H]3C[C@@H]1[C@@H]2C3. The summed E-state index contributed by atoms with van der Waals surface area (Å²) in [5.74, 6) is 3.04. The van der Waals surface area contributed by atoms with Gasteiger partial charge in [-0.25, -0.2) is 0 Å². The Morgan fingerprint density at radius 3 is 2.78 bits per heavy atom. The van der Waals surface area contributed by atoms with Crippen molar-refractivity contribution < 1.29 is 4.74 Å². The molecule has 2 bridgehead atoms. The maximum Gasteiger partial charge on any atom is 0.0609 e. The molecule has 2 saturated carbocycles. The maximum atomic E-state index is 5.63. The van der Waals surface area contributed by atoms with Crippen LogP contribution in [0.4, 0.5) is 0 Å². The molecule has 0 aromatic heterocycles. The van der Waals surface area contributed by atoms with Gasteiger partial charge in [0.15, 0.2) is 0 Å². The van der Waals surface area contributed by atoms with E-state index in [0.717, 1.165) is 24.4 Å². The molecule has 50 valence electrons. The molecule has 0 unspecified atom stereocenters. The largest absolute Gasteiger partial charge is 0.378 e. The van der Waals surface area contributed by atoms with Crippen LogP contribution < -0.4 is 0 Å². The molecule has 1 saturated heterocycles. The summed E-state index contributed by atoms with van der Waals surface area (Å²) in [5, 5.41) is 0. The van der Waals surface area contributed by atoms with E-state index in [2.05, 4.69) is 0 Å². The highest BCUT2D eigenvalue weighted by molar-refractivity contribution is 4.99. The van der Waals surface area contributed by atoms with Crippen LogP contribution in [-0.4, -0.2) is 12.7 Å². The Morgan fingerprint density at radius 1 is 1.11 bits per heavy atom. The van der Waals surface area contributed by atoms with Crippen molar-refractivity contribution in [3.63, 3.8) is 0 Å². The Morgan fingerprint density at radius 2 is 2.11 bits per heavy atom. The van der Waals surface area contributed by atoms with Crippen LogP contribution in [0.15, 0.2) is 0 Å². The highest BCUT2D eigenvalue weighted by Crippen LogP contribution is 2.53. The zero-order chi connectivity index (χ0) is 5.84. The molecular formula is C8H12O. The van der Waals surface area contributed by atoms with E-state index >= 15 is 0 Å². The van der Waals surface area contributed by atoms with E-state index in [1.165, 1.54) is 19.3 Å². The second-order valence-electron chi connectivity index (χ2n) is 3.87. The van der Waals surface area contributed by atoms with E-state index in [4.69, 9.17) is 4.74 Å². The average Bonchev–Trinajstić information content (AvgIpc) is 2.35. The van der Waals surface area contributed by atoms with E-state index in [-0.39, 0.29) is 0 Å². The molecular weight excluding hydrogens is 112 g/mol. The van der Waals surface area contributed by atoms with Crippen molar-refractivity contribution in [3.8, 4) is 0 Å². The van der Waals surface area contributed by atoms with Crippen molar-refractivity contribution in [2.45, 2.75) is 25.4 Å². The minimum Gasteiger partial charge on any atom is -0.378 e. The molecule has 1 nitrogen and oxygen atoms in total. The third-order valence-electron chi connectivity index (χ3n) is 3.41. The van der Waals surface area contributed by atoms with E-state index < -0.39 is 0 Å². The van der Waals surface area contributed by atoms with E-state index in [9.17, 15) is 0 Å². The lowest BCUT2D eigenvalue weighted by atomic mass is 9.90. The van der Waals surface area contributed by atoms with Crippen LogP contribution in [0.3, 0.4) is 0 Å². The molecule has 3 fully saturated rings. The number of hydrogen-bond acceptors (Lipinski definition) is 1. The quantitative estimate of drug-likeness (QED) is 0.474. The standard InChI is InChI=1S/C8H12O/c1-5-2-7-6(1)4-9-8(7)3-5/h5-8H,1-4H2/t5-,6+,7+,8-/m1/s1. The molecule has 0 aromatic rings. The van der Waals surface area contributed by atoms with Gasteiger partial charge in [-0.15, -0.1) is 0 Å². The van der Waals surface area contributed by atoms with Gasteiger partial charge in [0, 0.05) is 0 Å². The minimum absolute atomic E-state index is 0.703. The van der Waals surface area contributed by atoms with Crippen LogP contribution in [0.25, 0.3) is 0 Å². The molecule has 0 N–H and O–H groups in total. The monoisotopic (exact) mass is 124 g/mol. The topological polar surface area (TPSA) is 9.23 Å². The Balaban J connectivity index is 2.02. The van der Waals surface area contributed by atoms with E-state index in [0.29, 0.717) is 6.10 Å². The van der Waals surface area contributed by atoms with Crippen LogP contribution >= 0.6 is 0 Å². The Hall–Kier alpha value is -0.0400. The fraction of sp³-hybridized carbons (Fsp3) is 1.00. The van der Waals surface area contributed by atoms with Crippen molar-refractivity contribution in [2.24, 2.45) is 17.8 Å². The second-order valence-corrected chi connectivity index (χ2v) is 3.87. The van der Waals surface area contributed by atoms with Gasteiger partial charge in [0.25, 0.3) is 0 Å². The van der Waals surface area contributed by atoms with Gasteiger partial charge < -0.3 is 4.74 Å². The van der Waals surface area contributed by atoms with Gasteiger partial charge in [-0.05, 0) is 37.0 Å². The Labute approximate surface area is 55.4 Å². The van der Waals surface area contributed by atoms with Gasteiger partial charge in [-0.1, -0.05) is 0 Å². The van der Waals surface area contributed by atoms with Gasteiger partial charge in [0.2, 0.25) is 0 Å². The van der Waals surface area contributed by atoms with Crippen LogP contribution in [0.2, 0.25) is 0 Å². The van der Waals surface area contributed by atoms with Gasteiger partial charge in [-0.3, -0.25) is 0 Å². The van der Waals surface area contributed by atoms with Crippen LogP contribution in [0, 0.1) is 17.8 Å². The molecule has 0 aromatic carbocycles. The third-order valence-corrected chi connectivity index (χ3v) is 3.41. The fourth-order valence-electron chi connectivity index (χ4n) is 3.06. The van der Waals surface area contributed by atoms with Crippen LogP contribution in [0.1, 0.15) is 19.3 Å². The zero-order valence-electron chi connectivity index (χ0n) is 5.55. The normalized spacial score (nSPS) is 61.3. The predicted octanol–water partition coefficient (Wildman–Crippen LogP) is 1.43. The molecule has 1 aliphatic heterocycles. The lowest BCUT2D eigenvalue weighted by Crippen LogP contribution is -2.14. The number of ether oxygens (including phenoxy) is 1. The molecule has 9 heavy (non-hydrogen) atoms. The summed E-state index contributed by atoms with van der Waals surface area (Å²) < 4.78 is 5.63. The number of hydrogen-bond donors (Lipinski definition) is 0. The lowest BCUT2D eigenvalue weighted by molar-refractivity contribution is 0.102. The molecule has 2 aliphatic carbocycles. The smallest absolute Gasteiger partial charge is 0.0609 e. The van der Waals surface area contributed by atoms with Gasteiger partial charge in [-0.2, -0.15) is 0 Å². The fourth-order valence-corrected chi connectivity index (χ4v) is 3.06. The van der Waals surface area contributed by atoms with Crippen molar-refractivity contribution in [1.29, 1.82) is 0 Å². The summed E-state index contributed by atoms with van der Waals surface area (Å²) in [6.07, 6.45) is 5.08. The van der Waals surface area contributed by atoms with Gasteiger partial charge in [0.1, 0.15) is 0 Å². The van der Waals surface area contributed by atoms with E-state index in [1.54, 1.807) is 0 Å². The molecule has 1 heterocycles. The van der Waals surface area contributed by atoms with Crippen molar-refractivity contribution in [2.75, 3.05) is 6.61 Å². The Bertz CT molecular complexity index is 127. The second kappa shape index (κ2) is 1.34. The first kappa shape index (κ1) is 4.73. The summed E-state index contributed by atoms with van der Waals surface area (Å²) >= 11 is 0. The molecule has 0 amide bonds. The summed E-state index contributed by atoms with van der Waals surface area (Å²) in [7, 11) is 0. The first-order valence-corrected chi connectivity index (χ1v) is 4.05. The summed E-state index contributed by atoms with van der Waals surface area (Å²) in [6.45, 7) is 1.09. The van der Waals surface area contributed by atoms with Gasteiger partial charge in [0.05, 0.1) is 12.7 Å². The first-order valence-electron chi connectivity index (χ1n) is 4.05. The molecule has 3 rings (SSSR count). The molecule has 0 radical (unpaired) electrons. The predicted molar refractivity (Wildman–Crippen MR) is 34.1 cm³/mol. The molecule has 3 aliphatic rings. The molecule has 4 atom stereocenters. The Kier molecular flexibility index (Phi) is 0.704. The maximum absolute atomic E-state index is 5.63. The third kappa shape index (κ3) is 0.454. The first-order chi connectivity index (χ1) is 4.43.